The molecule has 0 unspecified atom stereocenters. The number of aromatic nitrogens is 1. The first-order valence-electron chi connectivity index (χ1n) is 7.67. The molecule has 0 bridgehead atoms. The van der Waals surface area contributed by atoms with Crippen molar-refractivity contribution in [1.29, 1.82) is 0 Å². The lowest BCUT2D eigenvalue weighted by Crippen LogP contribution is -2.27. The molecule has 0 atom stereocenters. The summed E-state index contributed by atoms with van der Waals surface area (Å²) in [6.45, 7) is 3.76. The van der Waals surface area contributed by atoms with Crippen molar-refractivity contribution in [3.8, 4) is 0 Å². The summed E-state index contributed by atoms with van der Waals surface area (Å²) in [5.41, 5.74) is 1.02. The topological polar surface area (TPSA) is 106 Å². The molecule has 1 heterocycles. The smallest absolute Gasteiger partial charge is 0.338 e. The molecule has 0 saturated carbocycles. The SMILES string of the molecule is CCN(C(C)=O)c1nc(COC(=O)c2cccc(NS(C)(=O)=O)c2)cs1. The summed E-state index contributed by atoms with van der Waals surface area (Å²) >= 11 is 1.29. The van der Waals surface area contributed by atoms with E-state index in [9.17, 15) is 18.0 Å². The average molecular weight is 397 g/mol. The van der Waals surface area contributed by atoms with Crippen LogP contribution in [0.4, 0.5) is 10.8 Å². The van der Waals surface area contributed by atoms with E-state index in [1.807, 2.05) is 6.92 Å². The van der Waals surface area contributed by atoms with E-state index < -0.39 is 16.0 Å². The van der Waals surface area contributed by atoms with Gasteiger partial charge >= 0.3 is 5.97 Å². The summed E-state index contributed by atoms with van der Waals surface area (Å²) < 4.78 is 30.0. The zero-order chi connectivity index (χ0) is 19.3. The van der Waals surface area contributed by atoms with Crippen LogP contribution in [0.15, 0.2) is 29.6 Å². The molecule has 0 saturated heterocycles. The quantitative estimate of drug-likeness (QED) is 0.718. The number of sulfonamides is 1. The Balaban J connectivity index is 2.02. The zero-order valence-corrected chi connectivity index (χ0v) is 16.2. The summed E-state index contributed by atoms with van der Waals surface area (Å²) in [7, 11) is -3.43. The van der Waals surface area contributed by atoms with E-state index in [1.165, 1.54) is 41.4 Å². The van der Waals surface area contributed by atoms with Crippen molar-refractivity contribution in [3.63, 3.8) is 0 Å². The number of esters is 1. The molecule has 0 aliphatic carbocycles. The third-order valence-corrected chi connectivity index (χ3v) is 4.74. The number of ether oxygens (including phenoxy) is 1. The van der Waals surface area contributed by atoms with Crippen molar-refractivity contribution in [3.05, 3.63) is 40.9 Å². The van der Waals surface area contributed by atoms with Crippen LogP contribution in [0.25, 0.3) is 0 Å². The monoisotopic (exact) mass is 397 g/mol. The highest BCUT2D eigenvalue weighted by molar-refractivity contribution is 7.92. The number of anilines is 2. The van der Waals surface area contributed by atoms with Gasteiger partial charge in [-0.05, 0) is 25.1 Å². The van der Waals surface area contributed by atoms with E-state index in [0.717, 1.165) is 6.26 Å². The average Bonchev–Trinajstić information content (AvgIpc) is 3.00. The van der Waals surface area contributed by atoms with Crippen LogP contribution in [-0.2, 0) is 26.2 Å². The summed E-state index contributed by atoms with van der Waals surface area (Å²) in [6, 6.07) is 6.00. The summed E-state index contributed by atoms with van der Waals surface area (Å²) in [5.74, 6) is -0.712. The fourth-order valence-electron chi connectivity index (χ4n) is 2.13. The number of nitrogens with zero attached hydrogens (tertiary/aromatic N) is 2. The minimum Gasteiger partial charge on any atom is -0.456 e. The van der Waals surface area contributed by atoms with E-state index in [4.69, 9.17) is 4.74 Å². The van der Waals surface area contributed by atoms with Crippen LogP contribution in [0.1, 0.15) is 29.9 Å². The number of benzene rings is 1. The van der Waals surface area contributed by atoms with Crippen molar-refractivity contribution in [2.75, 3.05) is 22.4 Å². The maximum Gasteiger partial charge on any atom is 0.338 e. The summed E-state index contributed by atoms with van der Waals surface area (Å²) in [6.07, 6.45) is 1.03. The number of carbonyl (C=O) groups excluding carboxylic acids is 2. The van der Waals surface area contributed by atoms with Gasteiger partial charge in [-0.1, -0.05) is 6.07 Å². The Labute approximate surface area is 155 Å². The van der Waals surface area contributed by atoms with Crippen molar-refractivity contribution in [2.45, 2.75) is 20.5 Å². The highest BCUT2D eigenvalue weighted by Gasteiger charge is 2.15. The van der Waals surface area contributed by atoms with Gasteiger partial charge in [0.25, 0.3) is 0 Å². The second-order valence-electron chi connectivity index (χ2n) is 5.42. The molecule has 0 aliphatic heterocycles. The zero-order valence-electron chi connectivity index (χ0n) is 14.6. The molecule has 2 aromatic rings. The van der Waals surface area contributed by atoms with Crippen molar-refractivity contribution in [2.24, 2.45) is 0 Å². The van der Waals surface area contributed by atoms with Gasteiger partial charge in [0.2, 0.25) is 15.9 Å². The fraction of sp³-hybridized carbons (Fsp3) is 0.312. The number of rotatable bonds is 7. The second kappa shape index (κ2) is 8.28. The molecule has 1 N–H and O–H groups in total. The van der Waals surface area contributed by atoms with Gasteiger partial charge in [-0.2, -0.15) is 0 Å². The molecular formula is C16H19N3O5S2. The van der Waals surface area contributed by atoms with Crippen LogP contribution >= 0.6 is 11.3 Å². The molecule has 0 radical (unpaired) electrons. The predicted molar refractivity (Wildman–Crippen MR) is 99.8 cm³/mol. The van der Waals surface area contributed by atoms with E-state index in [0.29, 0.717) is 17.4 Å². The van der Waals surface area contributed by atoms with Gasteiger partial charge in [0.15, 0.2) is 5.13 Å². The molecule has 1 amide bonds. The Morgan fingerprint density at radius 2 is 2.08 bits per heavy atom. The van der Waals surface area contributed by atoms with Gasteiger partial charge in [0.05, 0.1) is 17.5 Å². The predicted octanol–water partition coefficient (Wildman–Crippen LogP) is 2.24. The van der Waals surface area contributed by atoms with Gasteiger partial charge in [-0.15, -0.1) is 11.3 Å². The molecule has 1 aromatic heterocycles. The molecule has 8 nitrogen and oxygen atoms in total. The molecule has 10 heteroatoms. The third kappa shape index (κ3) is 5.53. The second-order valence-corrected chi connectivity index (χ2v) is 8.00. The number of nitrogens with one attached hydrogen (secondary N) is 1. The Morgan fingerprint density at radius 3 is 2.69 bits per heavy atom. The molecular weight excluding hydrogens is 378 g/mol. The van der Waals surface area contributed by atoms with Crippen molar-refractivity contribution >= 4 is 44.1 Å². The first-order chi connectivity index (χ1) is 12.2. The van der Waals surface area contributed by atoms with Crippen LogP contribution in [0.5, 0.6) is 0 Å². The third-order valence-electron chi connectivity index (χ3n) is 3.22. The van der Waals surface area contributed by atoms with Crippen LogP contribution in [0, 0.1) is 0 Å². The van der Waals surface area contributed by atoms with Gasteiger partial charge in [-0.3, -0.25) is 14.4 Å². The van der Waals surface area contributed by atoms with E-state index >= 15 is 0 Å². The minimum absolute atomic E-state index is 0.0471. The molecule has 0 spiro atoms. The Bertz CT molecular complexity index is 908. The first-order valence-corrected chi connectivity index (χ1v) is 10.4. The molecule has 0 fully saturated rings. The van der Waals surface area contributed by atoms with Crippen LogP contribution in [0.3, 0.4) is 0 Å². The van der Waals surface area contributed by atoms with Gasteiger partial charge in [-0.25, -0.2) is 18.2 Å². The highest BCUT2D eigenvalue weighted by Crippen LogP contribution is 2.21. The van der Waals surface area contributed by atoms with Gasteiger partial charge in [0, 0.05) is 24.5 Å². The molecule has 2 rings (SSSR count). The Kier molecular flexibility index (Phi) is 6.32. The molecule has 1 aromatic carbocycles. The number of hydrogen-bond acceptors (Lipinski definition) is 7. The van der Waals surface area contributed by atoms with Crippen LogP contribution in [-0.4, -0.2) is 38.1 Å². The van der Waals surface area contributed by atoms with Crippen LogP contribution < -0.4 is 9.62 Å². The first kappa shape index (κ1) is 19.9. The molecule has 26 heavy (non-hydrogen) atoms. The maximum absolute atomic E-state index is 12.2. The number of amides is 1. The molecule has 140 valence electrons. The van der Waals surface area contributed by atoms with E-state index in [2.05, 4.69) is 9.71 Å². The normalized spacial score (nSPS) is 11.0. The number of thiazole rings is 1. The Hall–Kier alpha value is -2.46. The van der Waals surface area contributed by atoms with E-state index in [-0.39, 0.29) is 23.8 Å². The summed E-state index contributed by atoms with van der Waals surface area (Å²) in [4.78, 5) is 29.5. The Morgan fingerprint density at radius 1 is 1.35 bits per heavy atom. The lowest BCUT2D eigenvalue weighted by Gasteiger charge is -2.14. The van der Waals surface area contributed by atoms with Gasteiger partial charge < -0.3 is 4.74 Å². The van der Waals surface area contributed by atoms with Crippen molar-refractivity contribution < 1.29 is 22.7 Å². The van der Waals surface area contributed by atoms with Gasteiger partial charge in [0.1, 0.15) is 6.61 Å². The standard InChI is InChI=1S/C16H19N3O5S2/c1-4-19(11(2)20)16-17-14(10-25-16)9-24-15(21)12-6-5-7-13(8-12)18-26(3,22)23/h5-8,10,18H,4,9H2,1-3H3. The minimum atomic E-state index is -3.43. The highest BCUT2D eigenvalue weighted by atomic mass is 32.2. The van der Waals surface area contributed by atoms with Crippen molar-refractivity contribution in [1.82, 2.24) is 4.98 Å². The lowest BCUT2D eigenvalue weighted by atomic mass is 10.2. The number of carbonyl (C=O) groups is 2. The fourth-order valence-corrected chi connectivity index (χ4v) is 3.60. The number of hydrogen-bond donors (Lipinski definition) is 1. The van der Waals surface area contributed by atoms with Crippen LogP contribution in [0.2, 0.25) is 0 Å². The summed E-state index contributed by atoms with van der Waals surface area (Å²) in [5, 5.41) is 2.26. The molecule has 0 aliphatic rings. The lowest BCUT2D eigenvalue weighted by molar-refractivity contribution is -0.116. The maximum atomic E-state index is 12.2. The largest absolute Gasteiger partial charge is 0.456 e. The van der Waals surface area contributed by atoms with E-state index in [1.54, 1.807) is 11.4 Å².